The third-order valence-electron chi connectivity index (χ3n) is 3.42. The Morgan fingerprint density at radius 2 is 2.16 bits per heavy atom. The van der Waals surface area contributed by atoms with E-state index in [1.165, 1.54) is 0 Å². The van der Waals surface area contributed by atoms with Gasteiger partial charge in [-0.25, -0.2) is 13.1 Å². The van der Waals surface area contributed by atoms with Crippen LogP contribution in [0.3, 0.4) is 0 Å². The summed E-state index contributed by atoms with van der Waals surface area (Å²) in [5.41, 5.74) is 5.79. The topological polar surface area (TPSA) is 81.4 Å². The molecule has 0 radical (unpaired) electrons. The van der Waals surface area contributed by atoms with Crippen LogP contribution >= 0.6 is 0 Å². The first-order valence-corrected chi connectivity index (χ1v) is 7.87. The Labute approximate surface area is 114 Å². The van der Waals surface area contributed by atoms with Crippen LogP contribution in [0.25, 0.3) is 0 Å². The fraction of sp³-hybridized carbons (Fsp3) is 0.538. The summed E-state index contributed by atoms with van der Waals surface area (Å²) in [5.74, 6) is 0. The van der Waals surface area contributed by atoms with Crippen LogP contribution in [0, 0.1) is 0 Å². The number of nitrogens with one attached hydrogen (secondary N) is 1. The van der Waals surface area contributed by atoms with Crippen molar-refractivity contribution in [3.63, 3.8) is 0 Å². The van der Waals surface area contributed by atoms with Crippen molar-refractivity contribution in [1.82, 2.24) is 4.72 Å². The SMILES string of the molecule is CC1(CNS(=O)(=O)c2ccccc2CN)CCCO1. The highest BCUT2D eigenvalue weighted by Gasteiger charge is 2.31. The van der Waals surface area contributed by atoms with Gasteiger partial charge in [0.1, 0.15) is 0 Å². The van der Waals surface area contributed by atoms with Crippen LogP contribution in [-0.2, 0) is 21.3 Å². The van der Waals surface area contributed by atoms with E-state index in [9.17, 15) is 8.42 Å². The molecule has 106 valence electrons. The van der Waals surface area contributed by atoms with Gasteiger partial charge in [0.25, 0.3) is 0 Å². The molecule has 1 saturated heterocycles. The minimum Gasteiger partial charge on any atom is -0.374 e. The molecule has 0 aromatic heterocycles. The number of rotatable bonds is 5. The van der Waals surface area contributed by atoms with E-state index in [4.69, 9.17) is 10.5 Å². The van der Waals surface area contributed by atoms with Gasteiger partial charge in [0.15, 0.2) is 0 Å². The number of sulfonamides is 1. The summed E-state index contributed by atoms with van der Waals surface area (Å²) < 4.78 is 32.8. The van der Waals surface area contributed by atoms with Crippen molar-refractivity contribution in [3.8, 4) is 0 Å². The second-order valence-electron chi connectivity index (χ2n) is 5.04. The Morgan fingerprint density at radius 3 is 2.79 bits per heavy atom. The molecule has 1 heterocycles. The van der Waals surface area contributed by atoms with Crippen LogP contribution < -0.4 is 10.5 Å². The standard InChI is InChI=1S/C13H20N2O3S/c1-13(7-4-8-18-13)10-15-19(16,17)12-6-3-2-5-11(12)9-14/h2-3,5-6,15H,4,7-10,14H2,1H3. The van der Waals surface area contributed by atoms with Gasteiger partial charge in [0, 0.05) is 19.7 Å². The molecule has 1 fully saturated rings. The number of hydrogen-bond donors (Lipinski definition) is 2. The van der Waals surface area contributed by atoms with E-state index < -0.39 is 15.6 Å². The molecule has 0 spiro atoms. The molecule has 0 amide bonds. The lowest BCUT2D eigenvalue weighted by Crippen LogP contribution is -2.40. The Hall–Kier alpha value is -0.950. The molecule has 0 bridgehead atoms. The molecule has 1 unspecified atom stereocenters. The van der Waals surface area contributed by atoms with Crippen LogP contribution in [0.4, 0.5) is 0 Å². The summed E-state index contributed by atoms with van der Waals surface area (Å²) in [6.07, 6.45) is 1.84. The molecule has 1 aliphatic heterocycles. The number of nitrogens with two attached hydrogens (primary N) is 1. The molecule has 3 N–H and O–H groups in total. The Bertz CT molecular complexity index is 537. The van der Waals surface area contributed by atoms with Gasteiger partial charge < -0.3 is 10.5 Å². The van der Waals surface area contributed by atoms with E-state index in [1.54, 1.807) is 24.3 Å². The van der Waals surface area contributed by atoms with Crippen molar-refractivity contribution in [2.24, 2.45) is 5.73 Å². The van der Waals surface area contributed by atoms with Gasteiger partial charge in [-0.1, -0.05) is 18.2 Å². The van der Waals surface area contributed by atoms with Crippen LogP contribution in [-0.4, -0.2) is 27.2 Å². The zero-order valence-corrected chi connectivity index (χ0v) is 11.9. The monoisotopic (exact) mass is 284 g/mol. The first kappa shape index (κ1) is 14.5. The highest BCUT2D eigenvalue weighted by atomic mass is 32.2. The lowest BCUT2D eigenvalue weighted by Gasteiger charge is -2.23. The van der Waals surface area contributed by atoms with Crippen LogP contribution in [0.2, 0.25) is 0 Å². The van der Waals surface area contributed by atoms with E-state index in [0.717, 1.165) is 12.8 Å². The zero-order valence-electron chi connectivity index (χ0n) is 11.1. The second kappa shape index (κ2) is 5.58. The number of benzene rings is 1. The number of ether oxygens (including phenoxy) is 1. The first-order valence-electron chi connectivity index (χ1n) is 6.38. The molecular weight excluding hydrogens is 264 g/mol. The van der Waals surface area contributed by atoms with Crippen molar-refractivity contribution in [1.29, 1.82) is 0 Å². The van der Waals surface area contributed by atoms with E-state index in [2.05, 4.69) is 4.72 Å². The molecule has 1 aromatic carbocycles. The quantitative estimate of drug-likeness (QED) is 0.845. The summed E-state index contributed by atoms with van der Waals surface area (Å²) in [4.78, 5) is 0.249. The second-order valence-corrected chi connectivity index (χ2v) is 6.77. The summed E-state index contributed by atoms with van der Waals surface area (Å²) in [7, 11) is -3.54. The predicted octanol–water partition coefficient (Wildman–Crippen LogP) is 0.993. The minimum absolute atomic E-state index is 0.199. The van der Waals surface area contributed by atoms with E-state index in [0.29, 0.717) is 12.2 Å². The van der Waals surface area contributed by atoms with E-state index in [1.807, 2.05) is 6.92 Å². The van der Waals surface area contributed by atoms with Gasteiger partial charge in [-0.2, -0.15) is 0 Å². The lowest BCUT2D eigenvalue weighted by atomic mass is 10.0. The molecular formula is C13H20N2O3S. The molecule has 2 rings (SSSR count). The predicted molar refractivity (Wildman–Crippen MR) is 73.1 cm³/mol. The van der Waals surface area contributed by atoms with Gasteiger partial charge in [-0.15, -0.1) is 0 Å². The van der Waals surface area contributed by atoms with Gasteiger partial charge >= 0.3 is 0 Å². The lowest BCUT2D eigenvalue weighted by molar-refractivity contribution is 0.0250. The van der Waals surface area contributed by atoms with E-state index in [-0.39, 0.29) is 18.0 Å². The van der Waals surface area contributed by atoms with E-state index >= 15 is 0 Å². The van der Waals surface area contributed by atoms with Crippen molar-refractivity contribution in [2.75, 3.05) is 13.2 Å². The average molecular weight is 284 g/mol. The third kappa shape index (κ3) is 3.33. The van der Waals surface area contributed by atoms with Crippen molar-refractivity contribution >= 4 is 10.0 Å². The Balaban J connectivity index is 2.14. The molecule has 1 atom stereocenters. The minimum atomic E-state index is -3.54. The molecule has 1 aromatic rings. The highest BCUT2D eigenvalue weighted by Crippen LogP contribution is 2.25. The van der Waals surface area contributed by atoms with Crippen molar-refractivity contribution in [2.45, 2.75) is 36.8 Å². The number of hydrogen-bond acceptors (Lipinski definition) is 4. The fourth-order valence-electron chi connectivity index (χ4n) is 2.24. The van der Waals surface area contributed by atoms with Gasteiger partial charge in [0.05, 0.1) is 10.5 Å². The van der Waals surface area contributed by atoms with Crippen LogP contribution in [0.1, 0.15) is 25.3 Å². The van der Waals surface area contributed by atoms with Crippen LogP contribution in [0.15, 0.2) is 29.2 Å². The molecule has 19 heavy (non-hydrogen) atoms. The van der Waals surface area contributed by atoms with Gasteiger partial charge in [-0.3, -0.25) is 0 Å². The summed E-state index contributed by atoms with van der Waals surface area (Å²) >= 11 is 0. The Morgan fingerprint density at radius 1 is 1.42 bits per heavy atom. The van der Waals surface area contributed by atoms with Crippen molar-refractivity contribution in [3.05, 3.63) is 29.8 Å². The molecule has 6 heteroatoms. The molecule has 0 aliphatic carbocycles. The average Bonchev–Trinajstić information content (AvgIpc) is 2.84. The first-order chi connectivity index (χ1) is 8.97. The third-order valence-corrected chi connectivity index (χ3v) is 4.92. The van der Waals surface area contributed by atoms with Crippen molar-refractivity contribution < 1.29 is 13.2 Å². The molecule has 1 aliphatic rings. The maximum Gasteiger partial charge on any atom is 0.240 e. The molecule has 0 saturated carbocycles. The van der Waals surface area contributed by atoms with Crippen LogP contribution in [0.5, 0.6) is 0 Å². The van der Waals surface area contributed by atoms with Gasteiger partial charge in [0.2, 0.25) is 10.0 Å². The largest absolute Gasteiger partial charge is 0.374 e. The zero-order chi connectivity index (χ0) is 13.9. The summed E-state index contributed by atoms with van der Waals surface area (Å²) in [5, 5.41) is 0. The maximum atomic E-state index is 12.3. The summed E-state index contributed by atoms with van der Waals surface area (Å²) in [6.45, 7) is 3.11. The summed E-state index contributed by atoms with van der Waals surface area (Å²) in [6, 6.07) is 6.77. The van der Waals surface area contributed by atoms with Gasteiger partial charge in [-0.05, 0) is 31.4 Å². The molecule has 5 nitrogen and oxygen atoms in total. The Kier molecular flexibility index (Phi) is 4.25. The highest BCUT2D eigenvalue weighted by molar-refractivity contribution is 7.89. The fourth-order valence-corrected chi connectivity index (χ4v) is 3.64. The maximum absolute atomic E-state index is 12.3. The normalized spacial score (nSPS) is 23.7. The smallest absolute Gasteiger partial charge is 0.240 e.